The number of carbonyl (C=O) groups excluding carboxylic acids is 1. The molecule has 1 aliphatic heterocycles. The number of aliphatic carboxylic acids is 1. The number of anilines is 1. The average molecular weight is 545 g/mol. The second kappa shape index (κ2) is 13.5. The normalized spacial score (nSPS) is 13.4. The summed E-state index contributed by atoms with van der Waals surface area (Å²) in [6.07, 6.45) is 2.61. The number of benzene rings is 1. The Kier molecular flexibility index (Phi) is 11.0. The molecule has 4 rings (SSSR count). The van der Waals surface area contributed by atoms with Crippen molar-refractivity contribution < 1.29 is 28.6 Å². The van der Waals surface area contributed by atoms with Gasteiger partial charge < -0.3 is 24.8 Å². The lowest BCUT2D eigenvalue weighted by molar-refractivity contribution is -0.136. The van der Waals surface area contributed by atoms with Crippen molar-refractivity contribution in [2.24, 2.45) is 0 Å². The van der Waals surface area contributed by atoms with Crippen LogP contribution in [0.3, 0.4) is 0 Å². The number of carboxylic acids is 1. The van der Waals surface area contributed by atoms with Crippen molar-refractivity contribution in [2.75, 3.05) is 25.0 Å². The van der Waals surface area contributed by atoms with Crippen LogP contribution in [-0.2, 0) is 16.0 Å². The van der Waals surface area contributed by atoms with E-state index in [-0.39, 0.29) is 24.8 Å². The van der Waals surface area contributed by atoms with E-state index in [0.29, 0.717) is 16.9 Å². The Hall–Kier alpha value is -3.53. The van der Waals surface area contributed by atoms with Crippen molar-refractivity contribution in [2.45, 2.75) is 78.0 Å². The number of carbonyl (C=O) groups is 2. The number of nitrogens with zero attached hydrogens (tertiary/aromatic N) is 3. The summed E-state index contributed by atoms with van der Waals surface area (Å²) in [5.41, 5.74) is 0.0795. The Morgan fingerprint density at radius 3 is 2.21 bits per heavy atom. The number of furan rings is 1. The Morgan fingerprint density at radius 2 is 1.69 bits per heavy atom. The van der Waals surface area contributed by atoms with E-state index in [1.54, 1.807) is 34.6 Å². The molecule has 2 aromatic heterocycles. The van der Waals surface area contributed by atoms with Gasteiger partial charge in [0.25, 0.3) is 0 Å². The second-order valence-electron chi connectivity index (χ2n) is 10.4. The molecule has 0 saturated carbocycles. The first-order valence-corrected chi connectivity index (χ1v) is 13.2. The molecule has 3 N–H and O–H groups in total. The standard InChI is InChI=1S/C16H15N3O3.C9H16FNO.C4H10O/c20-13(21)9-12-17-14-10-5-1-2-6-11(10)22-15(14)16(18-12)19-7-3-4-8-19;1-5-9(10,6-2)7(3)8(12)11-4;1-4(2,3)5/h1-2,5-6H,3-4,7-9H2,(H,20,21);3,5-6H2,1-2,4H3,(H,11,12);5H,1-3H3. The summed E-state index contributed by atoms with van der Waals surface area (Å²) in [7, 11) is 1.47. The van der Waals surface area contributed by atoms with E-state index >= 15 is 0 Å². The SMILES string of the molecule is C=C(C(=O)NC)C(F)(CC)CC.CC(C)(C)O.O=C(O)Cc1nc(N2CCCC2)c2oc3ccccc3c2n1. The quantitative estimate of drug-likeness (QED) is 0.346. The number of hydrogen-bond donors (Lipinski definition) is 3. The minimum Gasteiger partial charge on any atom is -0.481 e. The fourth-order valence-corrected chi connectivity index (χ4v) is 4.01. The van der Waals surface area contributed by atoms with E-state index in [1.807, 2.05) is 24.3 Å². The lowest BCUT2D eigenvalue weighted by Crippen LogP contribution is -2.33. The number of halogens is 1. The molecule has 214 valence electrons. The number of carboxylic acid groups (broad SMARTS) is 1. The van der Waals surface area contributed by atoms with Gasteiger partial charge in [-0.3, -0.25) is 9.59 Å². The first-order valence-electron chi connectivity index (χ1n) is 13.2. The number of likely N-dealkylation sites (N-methyl/N-ethyl adjacent to an activating group) is 1. The van der Waals surface area contributed by atoms with Crippen LogP contribution in [-0.4, -0.2) is 63.5 Å². The van der Waals surface area contributed by atoms with E-state index in [1.165, 1.54) is 7.05 Å². The molecule has 1 fully saturated rings. The van der Waals surface area contributed by atoms with Crippen molar-refractivity contribution in [1.82, 2.24) is 15.3 Å². The van der Waals surface area contributed by atoms with Gasteiger partial charge in [0.1, 0.15) is 29.0 Å². The van der Waals surface area contributed by atoms with E-state index in [0.717, 1.165) is 42.7 Å². The van der Waals surface area contributed by atoms with Gasteiger partial charge in [0, 0.05) is 31.1 Å². The second-order valence-corrected chi connectivity index (χ2v) is 10.4. The molecule has 0 unspecified atom stereocenters. The van der Waals surface area contributed by atoms with Gasteiger partial charge in [-0.15, -0.1) is 0 Å². The van der Waals surface area contributed by atoms with Crippen LogP contribution in [0.25, 0.3) is 22.1 Å². The maximum atomic E-state index is 13.7. The lowest BCUT2D eigenvalue weighted by Gasteiger charge is -2.23. The molecule has 1 saturated heterocycles. The van der Waals surface area contributed by atoms with Crippen LogP contribution >= 0.6 is 0 Å². The Bertz CT molecular complexity index is 1280. The fourth-order valence-electron chi connectivity index (χ4n) is 4.01. The smallest absolute Gasteiger partial charge is 0.311 e. The van der Waals surface area contributed by atoms with Gasteiger partial charge >= 0.3 is 5.97 Å². The van der Waals surface area contributed by atoms with E-state index in [4.69, 9.17) is 14.6 Å². The molecule has 0 bridgehead atoms. The Labute approximate surface area is 229 Å². The molecule has 9 nitrogen and oxygen atoms in total. The minimum atomic E-state index is -1.54. The zero-order valence-electron chi connectivity index (χ0n) is 23.8. The van der Waals surface area contributed by atoms with Crippen molar-refractivity contribution in [3.63, 3.8) is 0 Å². The van der Waals surface area contributed by atoms with Crippen LogP contribution in [0, 0.1) is 0 Å². The van der Waals surface area contributed by atoms with E-state index < -0.39 is 23.1 Å². The summed E-state index contributed by atoms with van der Waals surface area (Å²) in [5.74, 6) is -0.302. The van der Waals surface area contributed by atoms with Gasteiger partial charge in [-0.25, -0.2) is 14.4 Å². The molecule has 0 spiro atoms. The van der Waals surface area contributed by atoms with Gasteiger partial charge in [0.05, 0.1) is 5.60 Å². The third-order valence-corrected chi connectivity index (χ3v) is 6.13. The number of alkyl halides is 1. The van der Waals surface area contributed by atoms with Crippen LogP contribution in [0.4, 0.5) is 10.2 Å². The summed E-state index contributed by atoms with van der Waals surface area (Å²) < 4.78 is 19.7. The summed E-state index contributed by atoms with van der Waals surface area (Å²) in [6.45, 7) is 13.9. The number of aromatic nitrogens is 2. The third-order valence-electron chi connectivity index (χ3n) is 6.13. The largest absolute Gasteiger partial charge is 0.481 e. The van der Waals surface area contributed by atoms with Crippen LogP contribution in [0.1, 0.15) is 66.1 Å². The van der Waals surface area contributed by atoms with Crippen LogP contribution in [0.2, 0.25) is 0 Å². The summed E-state index contributed by atoms with van der Waals surface area (Å²) in [4.78, 5) is 33.1. The van der Waals surface area contributed by atoms with E-state index in [2.05, 4.69) is 26.8 Å². The molecule has 1 aromatic carbocycles. The monoisotopic (exact) mass is 544 g/mol. The topological polar surface area (TPSA) is 129 Å². The molecule has 39 heavy (non-hydrogen) atoms. The van der Waals surface area contributed by atoms with Crippen molar-refractivity contribution in [1.29, 1.82) is 0 Å². The van der Waals surface area contributed by atoms with Gasteiger partial charge in [-0.05, 0) is 58.6 Å². The average Bonchev–Trinajstić information content (AvgIpc) is 3.54. The number of amides is 1. The number of hydrogen-bond acceptors (Lipinski definition) is 7. The summed E-state index contributed by atoms with van der Waals surface area (Å²) in [6, 6.07) is 7.66. The highest BCUT2D eigenvalue weighted by Crippen LogP contribution is 2.34. The molecular weight excluding hydrogens is 503 g/mol. The maximum Gasteiger partial charge on any atom is 0.311 e. The number of nitrogens with one attached hydrogen (secondary N) is 1. The first-order chi connectivity index (χ1) is 18.2. The van der Waals surface area contributed by atoms with Crippen LogP contribution in [0.15, 0.2) is 40.8 Å². The minimum absolute atomic E-state index is 0.0231. The molecule has 1 amide bonds. The van der Waals surface area contributed by atoms with Crippen LogP contribution < -0.4 is 10.2 Å². The fraction of sp³-hybridized carbons (Fsp3) is 0.517. The molecular formula is C29H41FN4O5. The highest BCUT2D eigenvalue weighted by atomic mass is 19.1. The highest BCUT2D eigenvalue weighted by Gasteiger charge is 2.32. The number of fused-ring (bicyclic) bond motifs is 3. The van der Waals surface area contributed by atoms with Crippen molar-refractivity contribution in [3.05, 3.63) is 42.2 Å². The lowest BCUT2D eigenvalue weighted by atomic mass is 9.91. The first kappa shape index (κ1) is 31.7. The van der Waals surface area contributed by atoms with Gasteiger partial charge in [0.15, 0.2) is 11.4 Å². The molecule has 0 radical (unpaired) electrons. The Morgan fingerprint density at radius 1 is 1.13 bits per heavy atom. The summed E-state index contributed by atoms with van der Waals surface area (Å²) >= 11 is 0. The zero-order chi connectivity index (χ0) is 29.4. The van der Waals surface area contributed by atoms with E-state index in [9.17, 15) is 14.0 Å². The molecule has 3 aromatic rings. The molecule has 3 heterocycles. The zero-order valence-corrected chi connectivity index (χ0v) is 23.8. The maximum absolute atomic E-state index is 13.7. The third kappa shape index (κ3) is 8.74. The molecule has 10 heteroatoms. The van der Waals surface area contributed by atoms with Gasteiger partial charge in [-0.1, -0.05) is 32.6 Å². The van der Waals surface area contributed by atoms with Crippen LogP contribution in [0.5, 0.6) is 0 Å². The molecule has 1 aliphatic rings. The van der Waals surface area contributed by atoms with Crippen molar-refractivity contribution >= 4 is 39.8 Å². The number of aliphatic hydroxyl groups is 1. The number of para-hydroxylation sites is 1. The molecule has 0 aliphatic carbocycles. The van der Waals surface area contributed by atoms with Gasteiger partial charge in [0.2, 0.25) is 5.91 Å². The summed E-state index contributed by atoms with van der Waals surface area (Å²) in [5, 5.41) is 20.8. The number of rotatable bonds is 7. The predicted octanol–water partition coefficient (Wildman–Crippen LogP) is 5.20. The molecule has 0 atom stereocenters. The highest BCUT2D eigenvalue weighted by molar-refractivity contribution is 6.05. The predicted molar refractivity (Wildman–Crippen MR) is 152 cm³/mol. The van der Waals surface area contributed by atoms with Gasteiger partial charge in [-0.2, -0.15) is 0 Å². The van der Waals surface area contributed by atoms with Crippen molar-refractivity contribution in [3.8, 4) is 0 Å². The Balaban J connectivity index is 0.000000266.